The predicted octanol–water partition coefficient (Wildman–Crippen LogP) is 2.93. The first-order chi connectivity index (χ1) is 8.75. The molecule has 0 fully saturated rings. The van der Waals surface area contributed by atoms with Gasteiger partial charge in [-0.1, -0.05) is 24.3 Å². The lowest BCUT2D eigenvalue weighted by molar-refractivity contribution is 1.17. The van der Waals surface area contributed by atoms with Crippen molar-refractivity contribution in [3.8, 4) is 11.3 Å². The number of halogens is 1. The van der Waals surface area contributed by atoms with Gasteiger partial charge in [0.1, 0.15) is 5.82 Å². The Morgan fingerprint density at radius 2 is 1.78 bits per heavy atom. The molecule has 0 unspecified atom stereocenters. The third-order valence-corrected chi connectivity index (χ3v) is 2.91. The summed E-state index contributed by atoms with van der Waals surface area (Å²) >= 11 is 5.81. The Morgan fingerprint density at radius 3 is 2.56 bits per heavy atom. The van der Waals surface area contributed by atoms with Crippen LogP contribution in [0.4, 0.5) is 5.82 Å². The predicted molar refractivity (Wildman–Crippen MR) is 72.2 cm³/mol. The SMILES string of the molecule is Nc1ncc(-c2ccnc(Cl)n2)c2ccccc12. The fraction of sp³-hybridized carbons (Fsp3) is 0. The van der Waals surface area contributed by atoms with Crippen LogP contribution in [0, 0.1) is 0 Å². The highest BCUT2D eigenvalue weighted by molar-refractivity contribution is 6.28. The van der Waals surface area contributed by atoms with E-state index in [1.54, 1.807) is 18.5 Å². The Bertz CT molecular complexity index is 727. The Morgan fingerprint density at radius 1 is 1.00 bits per heavy atom. The van der Waals surface area contributed by atoms with Crippen LogP contribution in [-0.2, 0) is 0 Å². The standard InChI is InChI=1S/C13H9ClN4/c14-13-16-6-5-11(18-13)10-7-17-12(15)9-4-2-1-3-8(9)10/h1-7H,(H2,15,17). The first kappa shape index (κ1) is 10.9. The topological polar surface area (TPSA) is 64.7 Å². The quantitative estimate of drug-likeness (QED) is 0.680. The minimum Gasteiger partial charge on any atom is -0.383 e. The maximum Gasteiger partial charge on any atom is 0.222 e. The van der Waals surface area contributed by atoms with Crippen LogP contribution in [-0.4, -0.2) is 15.0 Å². The van der Waals surface area contributed by atoms with Gasteiger partial charge in [0.2, 0.25) is 5.28 Å². The molecule has 0 aliphatic rings. The van der Waals surface area contributed by atoms with Crippen LogP contribution in [0.1, 0.15) is 0 Å². The van der Waals surface area contributed by atoms with Crippen molar-refractivity contribution in [3.63, 3.8) is 0 Å². The smallest absolute Gasteiger partial charge is 0.222 e. The minimum absolute atomic E-state index is 0.216. The molecule has 2 heterocycles. The van der Waals surface area contributed by atoms with Crippen LogP contribution < -0.4 is 5.73 Å². The number of nitrogens with zero attached hydrogens (tertiary/aromatic N) is 3. The molecule has 0 atom stereocenters. The highest BCUT2D eigenvalue weighted by Gasteiger charge is 2.08. The lowest BCUT2D eigenvalue weighted by atomic mass is 10.0. The van der Waals surface area contributed by atoms with E-state index in [4.69, 9.17) is 17.3 Å². The van der Waals surface area contributed by atoms with Crippen molar-refractivity contribution >= 4 is 28.2 Å². The molecule has 0 saturated carbocycles. The van der Waals surface area contributed by atoms with Crippen LogP contribution in [0.15, 0.2) is 42.7 Å². The summed E-state index contributed by atoms with van der Waals surface area (Å²) in [6.07, 6.45) is 3.33. The van der Waals surface area contributed by atoms with E-state index < -0.39 is 0 Å². The van der Waals surface area contributed by atoms with Crippen molar-refractivity contribution in [2.24, 2.45) is 0 Å². The number of anilines is 1. The van der Waals surface area contributed by atoms with E-state index in [0.29, 0.717) is 5.82 Å². The highest BCUT2D eigenvalue weighted by Crippen LogP contribution is 2.29. The second-order valence-electron chi connectivity index (χ2n) is 3.81. The molecular formula is C13H9ClN4. The molecule has 0 aliphatic carbocycles. The third-order valence-electron chi connectivity index (χ3n) is 2.73. The average molecular weight is 257 g/mol. The normalized spacial score (nSPS) is 10.7. The van der Waals surface area contributed by atoms with Crippen molar-refractivity contribution < 1.29 is 0 Å². The third kappa shape index (κ3) is 1.76. The van der Waals surface area contributed by atoms with Crippen LogP contribution in [0.3, 0.4) is 0 Å². The van der Waals surface area contributed by atoms with E-state index >= 15 is 0 Å². The van der Waals surface area contributed by atoms with E-state index in [9.17, 15) is 0 Å². The largest absolute Gasteiger partial charge is 0.383 e. The van der Waals surface area contributed by atoms with Gasteiger partial charge in [0.05, 0.1) is 5.69 Å². The molecule has 3 aromatic rings. The van der Waals surface area contributed by atoms with E-state index in [1.165, 1.54) is 0 Å². The maximum atomic E-state index is 5.86. The summed E-state index contributed by atoms with van der Waals surface area (Å²) in [5.74, 6) is 0.509. The number of aromatic nitrogens is 3. The van der Waals surface area contributed by atoms with Crippen LogP contribution in [0.25, 0.3) is 22.0 Å². The summed E-state index contributed by atoms with van der Waals surface area (Å²) in [6, 6.07) is 9.60. The number of nitrogen functional groups attached to an aromatic ring is 1. The molecule has 4 nitrogen and oxygen atoms in total. The maximum absolute atomic E-state index is 5.86. The molecule has 2 aromatic heterocycles. The second-order valence-corrected chi connectivity index (χ2v) is 4.15. The molecule has 0 aliphatic heterocycles. The molecule has 3 rings (SSSR count). The van der Waals surface area contributed by atoms with E-state index in [1.807, 2.05) is 24.3 Å². The number of rotatable bonds is 1. The fourth-order valence-corrected chi connectivity index (χ4v) is 2.05. The first-order valence-corrected chi connectivity index (χ1v) is 5.75. The van der Waals surface area contributed by atoms with Crippen molar-refractivity contribution in [3.05, 3.63) is 48.0 Å². The molecule has 18 heavy (non-hydrogen) atoms. The number of benzene rings is 1. The molecule has 0 amide bonds. The van der Waals surface area contributed by atoms with Gasteiger partial charge < -0.3 is 5.73 Å². The molecule has 0 radical (unpaired) electrons. The summed E-state index contributed by atoms with van der Waals surface area (Å²) < 4.78 is 0. The summed E-state index contributed by atoms with van der Waals surface area (Å²) in [5.41, 5.74) is 7.49. The van der Waals surface area contributed by atoms with Gasteiger partial charge in [-0.2, -0.15) is 0 Å². The van der Waals surface area contributed by atoms with Gasteiger partial charge in [0, 0.05) is 23.3 Å². The van der Waals surface area contributed by atoms with Gasteiger partial charge in [-0.3, -0.25) is 0 Å². The zero-order valence-electron chi connectivity index (χ0n) is 9.34. The van der Waals surface area contributed by atoms with E-state index in [2.05, 4.69) is 15.0 Å². The molecule has 5 heteroatoms. The molecule has 0 saturated heterocycles. The van der Waals surface area contributed by atoms with Crippen molar-refractivity contribution in [2.75, 3.05) is 5.73 Å². The number of fused-ring (bicyclic) bond motifs is 1. The summed E-state index contributed by atoms with van der Waals surface area (Å²) in [7, 11) is 0. The van der Waals surface area contributed by atoms with Gasteiger partial charge in [-0.15, -0.1) is 0 Å². The Labute approximate surface area is 108 Å². The average Bonchev–Trinajstić information content (AvgIpc) is 2.39. The summed E-state index contributed by atoms with van der Waals surface area (Å²) in [6.45, 7) is 0. The first-order valence-electron chi connectivity index (χ1n) is 5.38. The van der Waals surface area contributed by atoms with Gasteiger partial charge in [-0.05, 0) is 23.1 Å². The molecule has 0 bridgehead atoms. The summed E-state index contributed by atoms with van der Waals surface area (Å²) in [4.78, 5) is 12.3. The van der Waals surface area contributed by atoms with E-state index in [0.717, 1.165) is 22.0 Å². The van der Waals surface area contributed by atoms with Crippen molar-refractivity contribution in [1.82, 2.24) is 15.0 Å². The van der Waals surface area contributed by atoms with Gasteiger partial charge in [0.15, 0.2) is 0 Å². The molecular weight excluding hydrogens is 248 g/mol. The van der Waals surface area contributed by atoms with Crippen molar-refractivity contribution in [1.29, 1.82) is 0 Å². The zero-order valence-corrected chi connectivity index (χ0v) is 10.1. The fourth-order valence-electron chi connectivity index (χ4n) is 1.90. The second kappa shape index (κ2) is 4.23. The Balaban J connectivity index is 2.33. The zero-order chi connectivity index (χ0) is 12.5. The number of nitrogens with two attached hydrogens (primary N) is 1. The lowest BCUT2D eigenvalue weighted by Gasteiger charge is -2.07. The monoisotopic (exact) mass is 256 g/mol. The molecule has 2 N–H and O–H groups in total. The van der Waals surface area contributed by atoms with Crippen molar-refractivity contribution in [2.45, 2.75) is 0 Å². The number of hydrogen-bond donors (Lipinski definition) is 1. The van der Waals surface area contributed by atoms with Crippen LogP contribution >= 0.6 is 11.6 Å². The Hall–Kier alpha value is -2.20. The van der Waals surface area contributed by atoms with E-state index in [-0.39, 0.29) is 5.28 Å². The highest BCUT2D eigenvalue weighted by atomic mass is 35.5. The van der Waals surface area contributed by atoms with Gasteiger partial charge >= 0.3 is 0 Å². The number of hydrogen-bond acceptors (Lipinski definition) is 4. The number of pyridine rings is 1. The summed E-state index contributed by atoms with van der Waals surface area (Å²) in [5, 5.41) is 2.12. The minimum atomic E-state index is 0.216. The van der Waals surface area contributed by atoms with Gasteiger partial charge in [-0.25, -0.2) is 15.0 Å². The lowest BCUT2D eigenvalue weighted by Crippen LogP contribution is -1.94. The molecule has 88 valence electrons. The molecule has 0 spiro atoms. The van der Waals surface area contributed by atoms with Crippen LogP contribution in [0.2, 0.25) is 5.28 Å². The molecule has 1 aromatic carbocycles. The Kier molecular flexibility index (Phi) is 2.57. The van der Waals surface area contributed by atoms with Gasteiger partial charge in [0.25, 0.3) is 0 Å². The van der Waals surface area contributed by atoms with Crippen LogP contribution in [0.5, 0.6) is 0 Å².